The SMILES string of the molecule is C[C@H](NC(=O)c1ccc(N)c(Cl)c1)C(=O)N1CCC[C@H]1C(=O)NC1CCOOC1OCc1ccccc1. The summed E-state index contributed by atoms with van der Waals surface area (Å²) in [5.74, 6) is -1.09. The molecule has 2 aromatic rings. The van der Waals surface area contributed by atoms with Crippen molar-refractivity contribution in [3.05, 3.63) is 64.7 Å². The Morgan fingerprint density at radius 1 is 1.19 bits per heavy atom. The predicted octanol–water partition coefficient (Wildman–Crippen LogP) is 2.41. The molecule has 2 saturated heterocycles. The number of ether oxygens (including phenoxy) is 1. The number of carbonyl (C=O) groups excluding carboxylic acids is 3. The number of anilines is 1. The zero-order chi connectivity index (χ0) is 26.4. The van der Waals surface area contributed by atoms with Crippen molar-refractivity contribution >= 4 is 35.0 Å². The Balaban J connectivity index is 1.34. The molecule has 11 heteroatoms. The fraction of sp³-hybridized carbons (Fsp3) is 0.423. The molecule has 0 bridgehead atoms. The summed E-state index contributed by atoms with van der Waals surface area (Å²) < 4.78 is 5.85. The number of nitrogens with two attached hydrogens (primary N) is 1. The lowest BCUT2D eigenvalue weighted by Gasteiger charge is -2.33. The number of nitrogens with zero attached hydrogens (tertiary/aromatic N) is 1. The Labute approximate surface area is 220 Å². The molecule has 2 aliphatic heterocycles. The molecule has 4 N–H and O–H groups in total. The molecule has 2 unspecified atom stereocenters. The van der Waals surface area contributed by atoms with Gasteiger partial charge in [-0.05, 0) is 49.9 Å². The molecule has 3 amide bonds. The summed E-state index contributed by atoms with van der Waals surface area (Å²) >= 11 is 6.01. The minimum absolute atomic E-state index is 0.256. The van der Waals surface area contributed by atoms with Crippen LogP contribution in [-0.2, 0) is 30.7 Å². The highest BCUT2D eigenvalue weighted by Crippen LogP contribution is 2.22. The molecule has 37 heavy (non-hydrogen) atoms. The van der Waals surface area contributed by atoms with Gasteiger partial charge in [0.15, 0.2) is 0 Å². The standard InChI is InChI=1S/C26H31ClN4O6/c1-16(29-23(32)18-9-10-20(28)19(27)14-18)25(34)31-12-5-8-22(31)24(33)30-21-11-13-36-37-26(21)35-15-17-6-3-2-4-7-17/h2-4,6-7,9-10,14,16,21-22,26H,5,8,11-13,15,28H2,1H3,(H,29,32)(H,30,33)/t16-,21?,22-,26?/m0/s1. The van der Waals surface area contributed by atoms with E-state index >= 15 is 0 Å². The van der Waals surface area contributed by atoms with E-state index in [1.807, 2.05) is 30.3 Å². The largest absolute Gasteiger partial charge is 0.398 e. The lowest BCUT2D eigenvalue weighted by Crippen LogP contribution is -2.56. The van der Waals surface area contributed by atoms with E-state index in [0.29, 0.717) is 44.7 Å². The first-order chi connectivity index (χ1) is 17.8. The van der Waals surface area contributed by atoms with Gasteiger partial charge in [0.2, 0.25) is 18.1 Å². The van der Waals surface area contributed by atoms with Crippen LogP contribution in [0.1, 0.15) is 42.1 Å². The molecule has 2 aliphatic rings. The molecule has 2 fully saturated rings. The van der Waals surface area contributed by atoms with E-state index in [1.54, 1.807) is 6.92 Å². The number of amides is 3. The Kier molecular flexibility index (Phi) is 8.99. The van der Waals surface area contributed by atoms with Gasteiger partial charge in [-0.3, -0.25) is 14.4 Å². The molecule has 0 spiro atoms. The van der Waals surface area contributed by atoms with Crippen LogP contribution in [0.25, 0.3) is 0 Å². The van der Waals surface area contributed by atoms with E-state index in [9.17, 15) is 14.4 Å². The second-order valence-electron chi connectivity index (χ2n) is 9.11. The molecule has 0 aromatic heterocycles. The van der Waals surface area contributed by atoms with E-state index < -0.39 is 30.3 Å². The molecule has 4 rings (SSSR count). The van der Waals surface area contributed by atoms with Crippen LogP contribution in [0.3, 0.4) is 0 Å². The molecular formula is C26H31ClN4O6. The van der Waals surface area contributed by atoms with Crippen molar-refractivity contribution in [1.29, 1.82) is 0 Å². The predicted molar refractivity (Wildman–Crippen MR) is 136 cm³/mol. The average molecular weight is 531 g/mol. The van der Waals surface area contributed by atoms with Crippen LogP contribution in [-0.4, -0.2) is 60.2 Å². The van der Waals surface area contributed by atoms with Gasteiger partial charge in [-0.15, -0.1) is 0 Å². The summed E-state index contributed by atoms with van der Waals surface area (Å²) in [6, 6.07) is 12.2. The number of hydrogen-bond donors (Lipinski definition) is 3. The third-order valence-electron chi connectivity index (χ3n) is 6.41. The molecule has 198 valence electrons. The fourth-order valence-electron chi connectivity index (χ4n) is 4.37. The van der Waals surface area contributed by atoms with Crippen molar-refractivity contribution in [2.75, 3.05) is 18.9 Å². The minimum atomic E-state index is -0.842. The zero-order valence-corrected chi connectivity index (χ0v) is 21.3. The van der Waals surface area contributed by atoms with Crippen molar-refractivity contribution in [3.8, 4) is 0 Å². The van der Waals surface area contributed by atoms with E-state index in [0.717, 1.165) is 5.56 Å². The van der Waals surface area contributed by atoms with Gasteiger partial charge in [0.25, 0.3) is 5.91 Å². The Morgan fingerprint density at radius 2 is 1.97 bits per heavy atom. The monoisotopic (exact) mass is 530 g/mol. The van der Waals surface area contributed by atoms with Crippen LogP contribution in [0.15, 0.2) is 48.5 Å². The third kappa shape index (κ3) is 6.78. The minimum Gasteiger partial charge on any atom is -0.398 e. The first kappa shape index (κ1) is 26.9. The number of hydrogen-bond acceptors (Lipinski definition) is 7. The second kappa shape index (κ2) is 12.4. The maximum Gasteiger partial charge on any atom is 0.251 e. The van der Waals surface area contributed by atoms with E-state index in [4.69, 9.17) is 31.8 Å². The molecule has 0 aliphatic carbocycles. The normalized spacial score (nSPS) is 22.3. The molecule has 10 nitrogen and oxygen atoms in total. The van der Waals surface area contributed by atoms with Crippen molar-refractivity contribution in [3.63, 3.8) is 0 Å². The van der Waals surface area contributed by atoms with Gasteiger partial charge in [-0.2, -0.15) is 0 Å². The quantitative estimate of drug-likeness (QED) is 0.352. The fourth-order valence-corrected chi connectivity index (χ4v) is 4.55. The summed E-state index contributed by atoms with van der Waals surface area (Å²) in [5.41, 5.74) is 7.31. The number of benzene rings is 2. The Morgan fingerprint density at radius 3 is 2.73 bits per heavy atom. The van der Waals surface area contributed by atoms with Crippen LogP contribution < -0.4 is 16.4 Å². The number of carbonyl (C=O) groups is 3. The van der Waals surface area contributed by atoms with Crippen molar-refractivity contribution in [2.45, 2.75) is 57.2 Å². The molecule has 0 radical (unpaired) electrons. The zero-order valence-electron chi connectivity index (χ0n) is 20.5. The average Bonchev–Trinajstić information content (AvgIpc) is 3.40. The first-order valence-electron chi connectivity index (χ1n) is 12.2. The van der Waals surface area contributed by atoms with Crippen molar-refractivity contribution in [2.24, 2.45) is 0 Å². The summed E-state index contributed by atoms with van der Waals surface area (Å²) in [5, 5.41) is 5.91. The molecular weight excluding hydrogens is 500 g/mol. The second-order valence-corrected chi connectivity index (χ2v) is 9.52. The van der Waals surface area contributed by atoms with Crippen LogP contribution in [0.4, 0.5) is 5.69 Å². The number of nitrogen functional groups attached to an aromatic ring is 1. The van der Waals surface area contributed by atoms with E-state index in [1.165, 1.54) is 23.1 Å². The molecule has 4 atom stereocenters. The highest BCUT2D eigenvalue weighted by atomic mass is 35.5. The van der Waals surface area contributed by atoms with Crippen LogP contribution >= 0.6 is 11.6 Å². The lowest BCUT2D eigenvalue weighted by atomic mass is 10.1. The highest BCUT2D eigenvalue weighted by molar-refractivity contribution is 6.33. The number of nitrogens with one attached hydrogen (secondary N) is 2. The van der Waals surface area contributed by atoms with Crippen LogP contribution in [0.5, 0.6) is 0 Å². The topological polar surface area (TPSA) is 132 Å². The molecule has 0 saturated carbocycles. The van der Waals surface area contributed by atoms with Crippen molar-refractivity contribution in [1.82, 2.24) is 15.5 Å². The van der Waals surface area contributed by atoms with Gasteiger partial charge in [0.05, 0.1) is 30.0 Å². The Hall–Kier alpha value is -3.18. The van der Waals surface area contributed by atoms with Gasteiger partial charge >= 0.3 is 0 Å². The Bertz CT molecular complexity index is 1120. The van der Waals surface area contributed by atoms with E-state index in [2.05, 4.69) is 10.6 Å². The summed E-state index contributed by atoms with van der Waals surface area (Å²) in [6.45, 7) is 2.61. The molecule has 2 aromatic carbocycles. The summed E-state index contributed by atoms with van der Waals surface area (Å²) in [6.07, 6.45) is 0.915. The maximum atomic E-state index is 13.2. The summed E-state index contributed by atoms with van der Waals surface area (Å²) in [4.78, 5) is 50.9. The third-order valence-corrected chi connectivity index (χ3v) is 6.73. The van der Waals surface area contributed by atoms with Gasteiger partial charge in [-0.1, -0.05) is 41.9 Å². The highest BCUT2D eigenvalue weighted by Gasteiger charge is 2.39. The van der Waals surface area contributed by atoms with E-state index in [-0.39, 0.29) is 22.4 Å². The smallest absolute Gasteiger partial charge is 0.251 e. The maximum absolute atomic E-state index is 13.2. The van der Waals surface area contributed by atoms with Crippen LogP contribution in [0, 0.1) is 0 Å². The number of rotatable bonds is 8. The number of likely N-dealkylation sites (tertiary alicyclic amines) is 1. The summed E-state index contributed by atoms with van der Waals surface area (Å²) in [7, 11) is 0. The van der Waals surface area contributed by atoms with Gasteiger partial charge in [-0.25, -0.2) is 9.78 Å². The van der Waals surface area contributed by atoms with Gasteiger partial charge in [0.1, 0.15) is 12.1 Å². The van der Waals surface area contributed by atoms with Gasteiger partial charge < -0.3 is 26.0 Å². The first-order valence-corrected chi connectivity index (χ1v) is 12.6. The lowest BCUT2D eigenvalue weighted by molar-refractivity contribution is -0.406. The van der Waals surface area contributed by atoms with Crippen LogP contribution in [0.2, 0.25) is 5.02 Å². The number of halogens is 1. The van der Waals surface area contributed by atoms with Crippen molar-refractivity contribution < 1.29 is 28.9 Å². The molecule has 2 heterocycles. The van der Waals surface area contributed by atoms with Gasteiger partial charge in [0, 0.05) is 12.1 Å².